The summed E-state index contributed by atoms with van der Waals surface area (Å²) in [5.74, 6) is 0.330. The molecule has 22 heavy (non-hydrogen) atoms. The summed E-state index contributed by atoms with van der Waals surface area (Å²) in [4.78, 5) is 0. The Morgan fingerprint density at radius 1 is 1.32 bits per heavy atom. The molecule has 2 aliphatic rings. The minimum atomic E-state index is -1.46. The maximum atomic E-state index is 10.9. The van der Waals surface area contributed by atoms with E-state index in [0.717, 1.165) is 19.3 Å². The van der Waals surface area contributed by atoms with Gasteiger partial charge in [0.25, 0.3) is 0 Å². The van der Waals surface area contributed by atoms with Gasteiger partial charge in [0.2, 0.25) is 0 Å². The van der Waals surface area contributed by atoms with Crippen molar-refractivity contribution < 1.29 is 24.4 Å². The number of methoxy groups -OCH3 is 2. The normalized spacial score (nSPS) is 41.8. The number of hydrogen-bond donors (Lipinski definition) is 2. The van der Waals surface area contributed by atoms with E-state index in [1.807, 2.05) is 0 Å². The van der Waals surface area contributed by atoms with Crippen molar-refractivity contribution in [3.05, 3.63) is 12.2 Å². The molecule has 0 amide bonds. The van der Waals surface area contributed by atoms with Gasteiger partial charge in [-0.1, -0.05) is 26.0 Å². The monoisotopic (exact) mass is 314 g/mol. The number of aliphatic hydroxyl groups excluding tert-OH is 1. The molecule has 2 rings (SSSR count). The highest BCUT2D eigenvalue weighted by Crippen LogP contribution is 2.47. The Morgan fingerprint density at radius 3 is 2.55 bits per heavy atom. The largest absolute Gasteiger partial charge is 0.385 e. The fourth-order valence-corrected chi connectivity index (χ4v) is 4.04. The Kier molecular flexibility index (Phi) is 5.34. The van der Waals surface area contributed by atoms with E-state index >= 15 is 0 Å². The molecule has 128 valence electrons. The van der Waals surface area contributed by atoms with Crippen molar-refractivity contribution in [2.75, 3.05) is 14.2 Å². The molecule has 1 saturated heterocycles. The van der Waals surface area contributed by atoms with Crippen LogP contribution in [0.3, 0.4) is 0 Å². The summed E-state index contributed by atoms with van der Waals surface area (Å²) in [5.41, 5.74) is -0.0479. The quantitative estimate of drug-likeness (QED) is 0.762. The van der Waals surface area contributed by atoms with Gasteiger partial charge < -0.3 is 24.4 Å². The van der Waals surface area contributed by atoms with Crippen LogP contribution in [0.2, 0.25) is 0 Å². The second kappa shape index (κ2) is 6.57. The van der Waals surface area contributed by atoms with Gasteiger partial charge in [-0.3, -0.25) is 0 Å². The third-order valence-electron chi connectivity index (χ3n) is 5.47. The van der Waals surface area contributed by atoms with Crippen molar-refractivity contribution in [3.63, 3.8) is 0 Å². The summed E-state index contributed by atoms with van der Waals surface area (Å²) in [5, 5.41) is 21.2. The molecule has 5 atom stereocenters. The Bertz CT molecular complexity index is 404. The predicted molar refractivity (Wildman–Crippen MR) is 83.1 cm³/mol. The topological polar surface area (TPSA) is 68.2 Å². The van der Waals surface area contributed by atoms with Gasteiger partial charge in [-0.15, -0.1) is 0 Å². The van der Waals surface area contributed by atoms with Crippen LogP contribution in [-0.4, -0.2) is 48.7 Å². The fourth-order valence-electron chi connectivity index (χ4n) is 4.04. The maximum absolute atomic E-state index is 10.9. The summed E-state index contributed by atoms with van der Waals surface area (Å²) in [6.45, 7) is 8.72. The Morgan fingerprint density at radius 2 is 2.00 bits per heavy atom. The highest BCUT2D eigenvalue weighted by molar-refractivity contribution is 5.10. The van der Waals surface area contributed by atoms with E-state index in [9.17, 15) is 10.2 Å². The zero-order valence-electron chi connectivity index (χ0n) is 14.2. The van der Waals surface area contributed by atoms with E-state index in [2.05, 4.69) is 20.4 Å². The highest BCUT2D eigenvalue weighted by atomic mass is 16.8. The van der Waals surface area contributed by atoms with Gasteiger partial charge >= 0.3 is 0 Å². The minimum absolute atomic E-state index is 0.166. The first kappa shape index (κ1) is 17.9. The number of hydrogen-bond acceptors (Lipinski definition) is 5. The van der Waals surface area contributed by atoms with Crippen molar-refractivity contribution in [1.29, 1.82) is 0 Å². The van der Waals surface area contributed by atoms with E-state index in [4.69, 9.17) is 14.2 Å². The van der Waals surface area contributed by atoms with Gasteiger partial charge in [0.1, 0.15) is 11.7 Å². The first-order valence-corrected chi connectivity index (χ1v) is 8.05. The zero-order chi connectivity index (χ0) is 16.5. The average molecular weight is 314 g/mol. The van der Waals surface area contributed by atoms with Crippen LogP contribution in [0.25, 0.3) is 0 Å². The number of rotatable bonds is 5. The van der Waals surface area contributed by atoms with Crippen molar-refractivity contribution in [2.45, 2.75) is 70.2 Å². The molecule has 0 aromatic heterocycles. The summed E-state index contributed by atoms with van der Waals surface area (Å²) in [6, 6.07) is 0. The van der Waals surface area contributed by atoms with Crippen LogP contribution >= 0.6 is 0 Å². The van der Waals surface area contributed by atoms with Crippen molar-refractivity contribution in [3.8, 4) is 0 Å². The molecule has 2 N–H and O–H groups in total. The lowest BCUT2D eigenvalue weighted by Crippen LogP contribution is -2.49. The Labute approximate surface area is 133 Å². The second-order valence-electron chi connectivity index (χ2n) is 7.34. The number of ether oxygens (including phenoxy) is 3. The summed E-state index contributed by atoms with van der Waals surface area (Å²) >= 11 is 0. The lowest BCUT2D eigenvalue weighted by molar-refractivity contribution is -0.220. The maximum Gasteiger partial charge on any atom is 0.191 e. The van der Waals surface area contributed by atoms with Gasteiger partial charge in [0.05, 0.1) is 0 Å². The minimum Gasteiger partial charge on any atom is -0.385 e. The molecule has 0 bridgehead atoms. The molecule has 5 nitrogen and oxygen atoms in total. The Hall–Kier alpha value is -0.460. The van der Waals surface area contributed by atoms with Gasteiger partial charge in [0, 0.05) is 14.2 Å². The summed E-state index contributed by atoms with van der Waals surface area (Å²) in [7, 11) is 2.91. The van der Waals surface area contributed by atoms with Crippen LogP contribution in [0, 0.1) is 11.3 Å². The number of allylic oxidation sites excluding steroid dienone is 1. The van der Waals surface area contributed by atoms with Crippen LogP contribution < -0.4 is 0 Å². The van der Waals surface area contributed by atoms with Gasteiger partial charge in [0.15, 0.2) is 12.6 Å². The summed E-state index contributed by atoms with van der Waals surface area (Å²) < 4.78 is 15.7. The van der Waals surface area contributed by atoms with E-state index in [1.54, 1.807) is 0 Å². The van der Waals surface area contributed by atoms with Gasteiger partial charge in [-0.05, 0) is 43.4 Å². The highest BCUT2D eigenvalue weighted by Gasteiger charge is 2.56. The van der Waals surface area contributed by atoms with Crippen LogP contribution in [0.5, 0.6) is 0 Å². The van der Waals surface area contributed by atoms with E-state index < -0.39 is 24.3 Å². The molecule has 0 spiro atoms. The van der Waals surface area contributed by atoms with Gasteiger partial charge in [-0.25, -0.2) is 0 Å². The van der Waals surface area contributed by atoms with Crippen molar-refractivity contribution in [2.24, 2.45) is 11.3 Å². The molecule has 1 aliphatic heterocycles. The number of aliphatic hydroxyl groups is 2. The molecule has 1 aliphatic carbocycles. The molecular formula is C17H30O5. The van der Waals surface area contributed by atoms with E-state index in [1.165, 1.54) is 26.2 Å². The zero-order valence-corrected chi connectivity index (χ0v) is 14.2. The second-order valence-corrected chi connectivity index (χ2v) is 7.34. The molecular weight excluding hydrogens is 284 g/mol. The van der Waals surface area contributed by atoms with Crippen LogP contribution in [0.4, 0.5) is 0 Å². The van der Waals surface area contributed by atoms with E-state index in [0.29, 0.717) is 12.3 Å². The third kappa shape index (κ3) is 3.10. The van der Waals surface area contributed by atoms with Crippen molar-refractivity contribution >= 4 is 0 Å². The van der Waals surface area contributed by atoms with Crippen LogP contribution in [-0.2, 0) is 14.2 Å². The average Bonchev–Trinajstić information content (AvgIpc) is 2.70. The first-order chi connectivity index (χ1) is 10.3. The fraction of sp³-hybridized carbons (Fsp3) is 0.882. The molecule has 0 aromatic carbocycles. The lowest BCUT2D eigenvalue weighted by Gasteiger charge is -2.42. The lowest BCUT2D eigenvalue weighted by atomic mass is 9.64. The molecule has 0 unspecified atom stereocenters. The summed E-state index contributed by atoms with van der Waals surface area (Å²) in [6.07, 6.45) is 1.64. The molecule has 0 aromatic rings. The Balaban J connectivity index is 2.09. The SMILES string of the molecule is C=C1CCCC(C)(C)[C@@H]1CC[C@]1(O)[C@H](OC)O[C@@H](OC)[C@H]1O. The predicted octanol–water partition coefficient (Wildman–Crippen LogP) is 2.22. The molecule has 1 saturated carbocycles. The first-order valence-electron chi connectivity index (χ1n) is 8.05. The molecule has 0 radical (unpaired) electrons. The van der Waals surface area contributed by atoms with Crippen LogP contribution in [0.1, 0.15) is 46.0 Å². The molecule has 5 heteroatoms. The molecule has 2 fully saturated rings. The smallest absolute Gasteiger partial charge is 0.191 e. The van der Waals surface area contributed by atoms with Gasteiger partial charge in [-0.2, -0.15) is 0 Å². The third-order valence-corrected chi connectivity index (χ3v) is 5.47. The van der Waals surface area contributed by atoms with Crippen LogP contribution in [0.15, 0.2) is 12.2 Å². The van der Waals surface area contributed by atoms with Crippen molar-refractivity contribution in [1.82, 2.24) is 0 Å². The molecule has 1 heterocycles. The van der Waals surface area contributed by atoms with E-state index in [-0.39, 0.29) is 5.41 Å². The standard InChI is InChI=1S/C17H30O5/c1-11-7-6-9-16(2,3)12(11)8-10-17(19)13(18)14(20-4)22-15(17)21-5/h12-15,18-19H,1,6-10H2,2-5H3/t12-,13-,14-,15-,17-/m1/s1.